The lowest BCUT2D eigenvalue weighted by Gasteiger charge is -2.20. The van der Waals surface area contributed by atoms with Crippen LogP contribution in [0.2, 0.25) is 0 Å². The van der Waals surface area contributed by atoms with Crippen LogP contribution in [0, 0.1) is 17.7 Å². The molecule has 0 saturated carbocycles. The van der Waals surface area contributed by atoms with Crippen LogP contribution in [0.4, 0.5) is 10.2 Å². The van der Waals surface area contributed by atoms with E-state index in [-0.39, 0.29) is 17.3 Å². The lowest BCUT2D eigenvalue weighted by Crippen LogP contribution is -2.42. The Morgan fingerprint density at radius 1 is 1.22 bits per heavy atom. The normalized spacial score (nSPS) is 16.1. The van der Waals surface area contributed by atoms with E-state index in [0.29, 0.717) is 23.4 Å². The molecule has 116 valence electrons. The highest BCUT2D eigenvalue weighted by Gasteiger charge is 2.36. The Balaban J connectivity index is 1.77. The Morgan fingerprint density at radius 3 is 2.61 bits per heavy atom. The fourth-order valence-corrected chi connectivity index (χ4v) is 2.35. The van der Waals surface area contributed by atoms with Gasteiger partial charge in [0.2, 0.25) is 5.91 Å². The maximum atomic E-state index is 13.1. The first-order chi connectivity index (χ1) is 10.9. The Morgan fingerprint density at radius 2 is 2.00 bits per heavy atom. The molecule has 0 aliphatic carbocycles. The van der Waals surface area contributed by atoms with Gasteiger partial charge in [0.25, 0.3) is 0 Å². The van der Waals surface area contributed by atoms with E-state index in [9.17, 15) is 9.18 Å². The number of hydrazine groups is 1. The highest BCUT2D eigenvalue weighted by Crippen LogP contribution is 2.23. The van der Waals surface area contributed by atoms with Crippen molar-refractivity contribution in [3.8, 4) is 11.8 Å². The number of halogens is 1. The van der Waals surface area contributed by atoms with E-state index < -0.39 is 0 Å². The summed E-state index contributed by atoms with van der Waals surface area (Å²) in [6.07, 6.45) is 2.03. The van der Waals surface area contributed by atoms with Crippen molar-refractivity contribution in [1.29, 1.82) is 0 Å². The SMILES string of the molecule is CC1(C)CC(=O)N(c2ccc(C#Cc3cccc(F)c3)cn2)N1. The fourth-order valence-electron chi connectivity index (χ4n) is 2.35. The Labute approximate surface area is 134 Å². The van der Waals surface area contributed by atoms with Crippen molar-refractivity contribution >= 4 is 11.7 Å². The molecule has 4 nitrogen and oxygen atoms in total. The van der Waals surface area contributed by atoms with Gasteiger partial charge in [0, 0.05) is 29.3 Å². The number of aromatic nitrogens is 1. The fraction of sp³-hybridized carbons (Fsp3) is 0.222. The summed E-state index contributed by atoms with van der Waals surface area (Å²) in [5, 5.41) is 1.46. The van der Waals surface area contributed by atoms with E-state index >= 15 is 0 Å². The van der Waals surface area contributed by atoms with Gasteiger partial charge >= 0.3 is 0 Å². The van der Waals surface area contributed by atoms with Gasteiger partial charge in [-0.1, -0.05) is 17.9 Å². The van der Waals surface area contributed by atoms with Gasteiger partial charge in [0.1, 0.15) is 11.6 Å². The van der Waals surface area contributed by atoms with E-state index in [1.165, 1.54) is 17.1 Å². The van der Waals surface area contributed by atoms with E-state index in [1.807, 2.05) is 13.8 Å². The van der Waals surface area contributed by atoms with E-state index in [1.54, 1.807) is 30.5 Å². The monoisotopic (exact) mass is 309 g/mol. The third-order valence-electron chi connectivity index (χ3n) is 3.41. The second kappa shape index (κ2) is 5.82. The Hall–Kier alpha value is -2.71. The number of rotatable bonds is 1. The molecule has 1 aliphatic rings. The molecule has 1 N–H and O–H groups in total. The molecule has 2 aromatic rings. The van der Waals surface area contributed by atoms with Gasteiger partial charge in [-0.3, -0.25) is 4.79 Å². The number of benzene rings is 1. The van der Waals surface area contributed by atoms with Crippen molar-refractivity contribution in [2.24, 2.45) is 0 Å². The van der Waals surface area contributed by atoms with Crippen molar-refractivity contribution in [2.45, 2.75) is 25.8 Å². The molecule has 0 spiro atoms. The molecule has 0 unspecified atom stereocenters. The highest BCUT2D eigenvalue weighted by molar-refractivity contribution is 5.94. The summed E-state index contributed by atoms with van der Waals surface area (Å²) in [5.74, 6) is 6.03. The lowest BCUT2D eigenvalue weighted by molar-refractivity contribution is -0.117. The lowest BCUT2D eigenvalue weighted by atomic mass is 10.0. The number of hydrogen-bond donors (Lipinski definition) is 1. The summed E-state index contributed by atoms with van der Waals surface area (Å²) >= 11 is 0. The predicted octanol–water partition coefficient (Wildman–Crippen LogP) is 2.64. The molecule has 5 heteroatoms. The molecule has 1 amide bonds. The number of pyridine rings is 1. The highest BCUT2D eigenvalue weighted by atomic mass is 19.1. The van der Waals surface area contributed by atoms with Crippen molar-refractivity contribution in [2.75, 3.05) is 5.01 Å². The molecule has 1 saturated heterocycles. The van der Waals surface area contributed by atoms with E-state index in [4.69, 9.17) is 0 Å². The molecule has 0 bridgehead atoms. The van der Waals surface area contributed by atoms with Crippen LogP contribution in [-0.2, 0) is 4.79 Å². The number of hydrogen-bond acceptors (Lipinski definition) is 3. The van der Waals surface area contributed by atoms with Gasteiger partial charge in [-0.15, -0.1) is 0 Å². The zero-order valence-electron chi connectivity index (χ0n) is 12.9. The minimum absolute atomic E-state index is 0.0129. The van der Waals surface area contributed by atoms with Crippen LogP contribution >= 0.6 is 0 Å². The zero-order chi connectivity index (χ0) is 16.4. The molecule has 1 fully saturated rings. The molecule has 1 aromatic heterocycles. The van der Waals surface area contributed by atoms with Crippen molar-refractivity contribution in [1.82, 2.24) is 10.4 Å². The Kier molecular flexibility index (Phi) is 3.85. The van der Waals surface area contributed by atoms with Crippen LogP contribution in [0.25, 0.3) is 0 Å². The summed E-state index contributed by atoms with van der Waals surface area (Å²) in [5.41, 5.74) is 4.16. The maximum absolute atomic E-state index is 13.1. The largest absolute Gasteiger partial charge is 0.273 e. The molecule has 23 heavy (non-hydrogen) atoms. The van der Waals surface area contributed by atoms with Gasteiger partial charge in [-0.05, 0) is 44.2 Å². The standard InChI is InChI=1S/C18H16FN3O/c1-18(2)11-17(23)22(21-18)16-9-8-14(12-20-16)7-6-13-4-3-5-15(19)10-13/h3-5,8-10,12,21H,11H2,1-2H3. The van der Waals surface area contributed by atoms with Crippen LogP contribution in [0.3, 0.4) is 0 Å². The van der Waals surface area contributed by atoms with Gasteiger partial charge < -0.3 is 0 Å². The number of anilines is 1. The van der Waals surface area contributed by atoms with E-state index in [0.717, 1.165) is 0 Å². The minimum atomic E-state index is -0.313. The van der Waals surface area contributed by atoms with Crippen LogP contribution in [0.1, 0.15) is 31.4 Å². The number of carbonyl (C=O) groups is 1. The molecule has 1 aromatic carbocycles. The molecular weight excluding hydrogens is 293 g/mol. The van der Waals surface area contributed by atoms with Gasteiger partial charge in [0.15, 0.2) is 0 Å². The summed E-state index contributed by atoms with van der Waals surface area (Å²) < 4.78 is 13.1. The summed E-state index contributed by atoms with van der Waals surface area (Å²) in [7, 11) is 0. The third-order valence-corrected chi connectivity index (χ3v) is 3.41. The summed E-state index contributed by atoms with van der Waals surface area (Å²) in [4.78, 5) is 16.3. The van der Waals surface area contributed by atoms with Crippen molar-refractivity contribution in [3.05, 3.63) is 59.5 Å². The van der Waals surface area contributed by atoms with Crippen LogP contribution < -0.4 is 10.4 Å². The molecule has 1 aliphatic heterocycles. The van der Waals surface area contributed by atoms with Gasteiger partial charge in [0.05, 0.1) is 0 Å². The van der Waals surface area contributed by atoms with Gasteiger partial charge in [-0.2, -0.15) is 0 Å². The molecule has 0 atom stereocenters. The number of nitrogens with one attached hydrogen (secondary N) is 1. The first-order valence-electron chi connectivity index (χ1n) is 7.27. The van der Waals surface area contributed by atoms with E-state index in [2.05, 4.69) is 22.3 Å². The van der Waals surface area contributed by atoms with Crippen molar-refractivity contribution in [3.63, 3.8) is 0 Å². The average molecular weight is 309 g/mol. The summed E-state index contributed by atoms with van der Waals surface area (Å²) in [6, 6.07) is 9.64. The third kappa shape index (κ3) is 3.55. The van der Waals surface area contributed by atoms with Gasteiger partial charge in [-0.25, -0.2) is 19.8 Å². The van der Waals surface area contributed by atoms with Crippen molar-refractivity contribution < 1.29 is 9.18 Å². The Bertz CT molecular complexity index is 803. The number of amides is 1. The maximum Gasteiger partial charge on any atom is 0.244 e. The van der Waals surface area contributed by atoms with Crippen LogP contribution in [0.5, 0.6) is 0 Å². The smallest absolute Gasteiger partial charge is 0.244 e. The minimum Gasteiger partial charge on any atom is -0.273 e. The molecular formula is C18H16FN3O. The number of carbonyl (C=O) groups excluding carboxylic acids is 1. The second-order valence-corrected chi connectivity index (χ2v) is 6.07. The zero-order valence-corrected chi connectivity index (χ0v) is 12.9. The number of nitrogens with zero attached hydrogens (tertiary/aromatic N) is 2. The summed E-state index contributed by atoms with van der Waals surface area (Å²) in [6.45, 7) is 3.92. The first kappa shape index (κ1) is 15.2. The quantitative estimate of drug-likeness (QED) is 0.824. The predicted molar refractivity (Wildman–Crippen MR) is 85.9 cm³/mol. The topological polar surface area (TPSA) is 45.2 Å². The average Bonchev–Trinajstić information content (AvgIpc) is 2.79. The first-order valence-corrected chi connectivity index (χ1v) is 7.27. The molecule has 0 radical (unpaired) electrons. The molecule has 3 rings (SSSR count). The molecule has 2 heterocycles. The van der Waals surface area contributed by atoms with Crippen LogP contribution in [-0.4, -0.2) is 16.4 Å². The second-order valence-electron chi connectivity index (χ2n) is 6.07. The van der Waals surface area contributed by atoms with Crippen LogP contribution in [0.15, 0.2) is 42.6 Å².